The number of piperidine rings is 1. The molecule has 1 aliphatic rings. The molecule has 0 saturated carbocycles. The van der Waals surface area contributed by atoms with Gasteiger partial charge in [0, 0.05) is 23.8 Å². The number of pyridine rings is 1. The molecule has 0 unspecified atom stereocenters. The Balaban J connectivity index is 2.35. The highest BCUT2D eigenvalue weighted by Gasteiger charge is 2.36. The second kappa shape index (κ2) is 4.91. The van der Waals surface area contributed by atoms with Crippen LogP contribution >= 0.6 is 15.9 Å². The Labute approximate surface area is 112 Å². The summed E-state index contributed by atoms with van der Waals surface area (Å²) in [6.45, 7) is 4.93. The predicted molar refractivity (Wildman–Crippen MR) is 67.5 cm³/mol. The van der Waals surface area contributed by atoms with Gasteiger partial charge in [-0.2, -0.15) is 13.2 Å². The van der Waals surface area contributed by atoms with Gasteiger partial charge in [0.15, 0.2) is 0 Å². The quantitative estimate of drug-likeness (QED) is 0.726. The van der Waals surface area contributed by atoms with E-state index in [0.29, 0.717) is 17.6 Å². The molecule has 0 atom stereocenters. The Kier molecular flexibility index (Phi) is 3.66. The zero-order chi connectivity index (χ0) is 13.3. The molecule has 0 aliphatic carbocycles. The Hall–Kier alpha value is -1.04. The molecule has 0 N–H and O–H groups in total. The average Bonchev–Trinajstić information content (AvgIpc) is 2.29. The van der Waals surface area contributed by atoms with Gasteiger partial charge in [0.1, 0.15) is 5.82 Å². The van der Waals surface area contributed by atoms with E-state index in [1.807, 2.05) is 0 Å². The Morgan fingerprint density at radius 3 is 2.44 bits per heavy atom. The number of rotatable bonds is 1. The standard InChI is InChI=1S/C12H12BrF3N2/c1-8-2-4-18(5-3-8)11-10(12(14,15)16)6-9(13)7-17-11/h6-7H,1-5H2. The van der Waals surface area contributed by atoms with E-state index in [0.717, 1.165) is 24.5 Å². The summed E-state index contributed by atoms with van der Waals surface area (Å²) in [6, 6.07) is 1.08. The van der Waals surface area contributed by atoms with Crippen LogP contribution in [0.25, 0.3) is 0 Å². The maximum Gasteiger partial charge on any atom is 0.419 e. The average molecular weight is 321 g/mol. The smallest absolute Gasteiger partial charge is 0.355 e. The van der Waals surface area contributed by atoms with E-state index in [9.17, 15) is 13.2 Å². The minimum Gasteiger partial charge on any atom is -0.355 e. The SMILES string of the molecule is C=C1CCN(c2ncc(Br)cc2C(F)(F)F)CC1. The van der Waals surface area contributed by atoms with Crippen molar-refractivity contribution in [2.24, 2.45) is 0 Å². The summed E-state index contributed by atoms with van der Waals surface area (Å²) in [7, 11) is 0. The number of anilines is 1. The second-order valence-electron chi connectivity index (χ2n) is 4.26. The second-order valence-corrected chi connectivity index (χ2v) is 5.18. The van der Waals surface area contributed by atoms with Crippen molar-refractivity contribution in [1.82, 2.24) is 4.98 Å². The van der Waals surface area contributed by atoms with E-state index < -0.39 is 11.7 Å². The summed E-state index contributed by atoms with van der Waals surface area (Å²) in [5.41, 5.74) is 0.390. The van der Waals surface area contributed by atoms with Gasteiger partial charge >= 0.3 is 6.18 Å². The van der Waals surface area contributed by atoms with Gasteiger partial charge in [0.2, 0.25) is 0 Å². The van der Waals surface area contributed by atoms with Crippen LogP contribution in [0.4, 0.5) is 19.0 Å². The molecule has 1 aromatic heterocycles. The largest absolute Gasteiger partial charge is 0.419 e. The molecule has 1 aromatic rings. The van der Waals surface area contributed by atoms with E-state index in [1.165, 1.54) is 6.20 Å². The molecular formula is C12H12BrF3N2. The Bertz CT molecular complexity index is 461. The lowest BCUT2D eigenvalue weighted by molar-refractivity contribution is -0.137. The minimum absolute atomic E-state index is 0.0122. The van der Waals surface area contributed by atoms with Crippen molar-refractivity contribution < 1.29 is 13.2 Å². The molecule has 1 saturated heterocycles. The fourth-order valence-corrected chi connectivity index (χ4v) is 2.26. The molecule has 0 radical (unpaired) electrons. The highest BCUT2D eigenvalue weighted by molar-refractivity contribution is 9.10. The van der Waals surface area contributed by atoms with Crippen LogP contribution in [0.1, 0.15) is 18.4 Å². The van der Waals surface area contributed by atoms with Crippen LogP contribution in [0.2, 0.25) is 0 Å². The lowest BCUT2D eigenvalue weighted by atomic mass is 10.1. The molecule has 98 valence electrons. The number of nitrogens with zero attached hydrogens (tertiary/aromatic N) is 2. The van der Waals surface area contributed by atoms with Crippen LogP contribution in [-0.4, -0.2) is 18.1 Å². The summed E-state index contributed by atoms with van der Waals surface area (Å²) in [5, 5.41) is 0. The molecule has 2 nitrogen and oxygen atoms in total. The summed E-state index contributed by atoms with van der Waals surface area (Å²) in [4.78, 5) is 5.59. The van der Waals surface area contributed by atoms with Gasteiger partial charge in [-0.15, -0.1) is 0 Å². The highest BCUT2D eigenvalue weighted by atomic mass is 79.9. The maximum absolute atomic E-state index is 13.0. The lowest BCUT2D eigenvalue weighted by Gasteiger charge is -2.30. The first-order chi connectivity index (χ1) is 8.38. The Morgan fingerprint density at radius 2 is 1.89 bits per heavy atom. The highest BCUT2D eigenvalue weighted by Crippen LogP contribution is 2.37. The van der Waals surface area contributed by atoms with E-state index >= 15 is 0 Å². The molecule has 1 fully saturated rings. The van der Waals surface area contributed by atoms with Gasteiger partial charge in [-0.05, 0) is 34.8 Å². The fraction of sp³-hybridized carbons (Fsp3) is 0.417. The topological polar surface area (TPSA) is 16.1 Å². The molecule has 2 rings (SSSR count). The predicted octanol–water partition coefficient (Wildman–Crippen LogP) is 4.02. The van der Waals surface area contributed by atoms with Gasteiger partial charge in [0.25, 0.3) is 0 Å². The third-order valence-corrected chi connectivity index (χ3v) is 3.34. The van der Waals surface area contributed by atoms with Crippen LogP contribution in [0.3, 0.4) is 0 Å². The van der Waals surface area contributed by atoms with Crippen LogP contribution in [0.15, 0.2) is 28.9 Å². The third-order valence-electron chi connectivity index (χ3n) is 2.91. The van der Waals surface area contributed by atoms with Gasteiger partial charge in [-0.3, -0.25) is 0 Å². The summed E-state index contributed by atoms with van der Waals surface area (Å²) in [6.07, 6.45) is -1.56. The van der Waals surface area contributed by atoms with Gasteiger partial charge in [-0.1, -0.05) is 12.2 Å². The summed E-state index contributed by atoms with van der Waals surface area (Å²) >= 11 is 3.03. The third kappa shape index (κ3) is 2.85. The van der Waals surface area contributed by atoms with Crippen molar-refractivity contribution in [3.63, 3.8) is 0 Å². The molecule has 0 amide bonds. The summed E-state index contributed by atoms with van der Waals surface area (Å²) in [5.74, 6) is 0.0122. The van der Waals surface area contributed by atoms with Crippen LogP contribution in [-0.2, 0) is 6.18 Å². The first kappa shape index (κ1) is 13.4. The first-order valence-electron chi connectivity index (χ1n) is 5.52. The Morgan fingerprint density at radius 1 is 1.28 bits per heavy atom. The molecule has 6 heteroatoms. The van der Waals surface area contributed by atoms with Gasteiger partial charge in [-0.25, -0.2) is 4.98 Å². The zero-order valence-electron chi connectivity index (χ0n) is 9.60. The molecular weight excluding hydrogens is 309 g/mol. The van der Waals surface area contributed by atoms with Crippen LogP contribution in [0, 0.1) is 0 Å². The van der Waals surface area contributed by atoms with Crippen molar-refractivity contribution >= 4 is 21.7 Å². The number of hydrogen-bond acceptors (Lipinski definition) is 2. The van der Waals surface area contributed by atoms with E-state index in [-0.39, 0.29) is 5.82 Å². The van der Waals surface area contributed by atoms with Crippen molar-refractivity contribution in [2.45, 2.75) is 19.0 Å². The zero-order valence-corrected chi connectivity index (χ0v) is 11.2. The van der Waals surface area contributed by atoms with Crippen molar-refractivity contribution in [3.05, 3.63) is 34.5 Å². The first-order valence-corrected chi connectivity index (χ1v) is 6.31. The lowest BCUT2D eigenvalue weighted by Crippen LogP contribution is -2.33. The van der Waals surface area contributed by atoms with Gasteiger partial charge in [0.05, 0.1) is 5.56 Å². The van der Waals surface area contributed by atoms with Gasteiger partial charge < -0.3 is 4.90 Å². The van der Waals surface area contributed by atoms with Crippen LogP contribution < -0.4 is 4.90 Å². The normalized spacial score (nSPS) is 17.1. The number of hydrogen-bond donors (Lipinski definition) is 0. The molecule has 1 aliphatic heterocycles. The number of alkyl halides is 3. The monoisotopic (exact) mass is 320 g/mol. The molecule has 2 heterocycles. The maximum atomic E-state index is 13.0. The number of halogens is 4. The van der Waals surface area contributed by atoms with Crippen molar-refractivity contribution in [2.75, 3.05) is 18.0 Å². The molecule has 0 spiro atoms. The minimum atomic E-state index is -4.39. The number of aromatic nitrogens is 1. The fourth-order valence-electron chi connectivity index (χ4n) is 1.93. The van der Waals surface area contributed by atoms with Crippen LogP contribution in [0.5, 0.6) is 0 Å². The van der Waals surface area contributed by atoms with E-state index in [4.69, 9.17) is 0 Å². The van der Waals surface area contributed by atoms with Crippen molar-refractivity contribution in [1.29, 1.82) is 0 Å². The summed E-state index contributed by atoms with van der Waals surface area (Å²) < 4.78 is 39.2. The molecule has 0 bridgehead atoms. The van der Waals surface area contributed by atoms with E-state index in [2.05, 4.69) is 27.5 Å². The molecule has 18 heavy (non-hydrogen) atoms. The molecule has 0 aromatic carbocycles. The van der Waals surface area contributed by atoms with Crippen molar-refractivity contribution in [3.8, 4) is 0 Å². The van der Waals surface area contributed by atoms with E-state index in [1.54, 1.807) is 4.90 Å².